The lowest BCUT2D eigenvalue weighted by molar-refractivity contribution is -0.385. The molecule has 0 radical (unpaired) electrons. The minimum atomic E-state index is -0.494. The van der Waals surface area contributed by atoms with Crippen LogP contribution >= 0.6 is 11.8 Å². The minimum absolute atomic E-state index is 0.00966. The Hall–Kier alpha value is -3.66. The molecule has 0 atom stereocenters. The molecule has 176 valence electrons. The summed E-state index contributed by atoms with van der Waals surface area (Å²) in [6.07, 6.45) is 4.53. The second-order valence-electron chi connectivity index (χ2n) is 7.96. The summed E-state index contributed by atoms with van der Waals surface area (Å²) >= 11 is 0.799. The van der Waals surface area contributed by atoms with Gasteiger partial charge in [0.05, 0.1) is 15.4 Å². The quantitative estimate of drug-likeness (QED) is 0.331. The van der Waals surface area contributed by atoms with Crippen LogP contribution < -0.4 is 4.74 Å². The van der Waals surface area contributed by atoms with E-state index in [0.29, 0.717) is 30.0 Å². The van der Waals surface area contributed by atoms with Crippen molar-refractivity contribution in [2.45, 2.75) is 25.9 Å². The summed E-state index contributed by atoms with van der Waals surface area (Å²) < 4.78 is 5.72. The van der Waals surface area contributed by atoms with E-state index in [1.807, 2.05) is 0 Å². The highest BCUT2D eigenvalue weighted by atomic mass is 32.2. The molecule has 0 spiro atoms. The second kappa shape index (κ2) is 10.5. The van der Waals surface area contributed by atoms with Gasteiger partial charge in [0.1, 0.15) is 18.9 Å². The van der Waals surface area contributed by atoms with E-state index in [1.54, 1.807) is 53.4 Å². The van der Waals surface area contributed by atoms with Crippen LogP contribution in [0.15, 0.2) is 53.4 Å². The van der Waals surface area contributed by atoms with Crippen LogP contribution in [-0.4, -0.2) is 51.4 Å². The number of nitro benzene ring substituents is 1. The Morgan fingerprint density at radius 3 is 2.62 bits per heavy atom. The van der Waals surface area contributed by atoms with Gasteiger partial charge in [-0.25, -0.2) is 0 Å². The number of hydrogen-bond acceptors (Lipinski definition) is 7. The van der Waals surface area contributed by atoms with Crippen LogP contribution in [0, 0.1) is 10.1 Å². The first-order valence-corrected chi connectivity index (χ1v) is 11.7. The van der Waals surface area contributed by atoms with Gasteiger partial charge in [0.15, 0.2) is 0 Å². The number of likely N-dealkylation sites (tertiary alicyclic amines) is 1. The van der Waals surface area contributed by atoms with E-state index in [9.17, 15) is 24.5 Å². The molecule has 2 aliphatic rings. The lowest BCUT2D eigenvalue weighted by Crippen LogP contribution is -2.44. The van der Waals surface area contributed by atoms with Crippen LogP contribution in [0.3, 0.4) is 0 Å². The van der Waals surface area contributed by atoms with E-state index in [1.165, 1.54) is 6.07 Å². The van der Waals surface area contributed by atoms with Gasteiger partial charge in [-0.05, 0) is 60.9 Å². The molecule has 0 aliphatic carbocycles. The molecule has 2 aromatic rings. The molecular formula is C24H23N3O6S. The van der Waals surface area contributed by atoms with Crippen LogP contribution in [0.4, 0.5) is 10.5 Å². The summed E-state index contributed by atoms with van der Waals surface area (Å²) in [5.74, 6) is -0.244. The summed E-state index contributed by atoms with van der Waals surface area (Å²) in [5, 5.41) is 10.7. The van der Waals surface area contributed by atoms with Crippen LogP contribution in [-0.2, 0) is 16.2 Å². The van der Waals surface area contributed by atoms with Crippen molar-refractivity contribution in [2.75, 3.05) is 19.6 Å². The van der Waals surface area contributed by atoms with Gasteiger partial charge in [0.25, 0.3) is 16.8 Å². The molecule has 2 aliphatic heterocycles. The molecule has 0 unspecified atom stereocenters. The molecule has 0 bridgehead atoms. The van der Waals surface area contributed by atoms with Crippen molar-refractivity contribution in [3.63, 3.8) is 0 Å². The normalized spacial score (nSPS) is 17.4. The maximum absolute atomic E-state index is 12.8. The average molecular weight is 482 g/mol. The molecule has 2 saturated heterocycles. The van der Waals surface area contributed by atoms with Crippen LogP contribution in [0.25, 0.3) is 6.08 Å². The van der Waals surface area contributed by atoms with Crippen molar-refractivity contribution >= 4 is 40.6 Å². The van der Waals surface area contributed by atoms with Crippen molar-refractivity contribution in [3.05, 3.63) is 74.7 Å². The zero-order valence-electron chi connectivity index (χ0n) is 18.3. The molecule has 2 aromatic carbocycles. The van der Waals surface area contributed by atoms with E-state index in [0.717, 1.165) is 35.9 Å². The highest BCUT2D eigenvalue weighted by Gasteiger charge is 2.37. The summed E-state index contributed by atoms with van der Waals surface area (Å²) in [4.78, 5) is 51.3. The molecule has 0 aromatic heterocycles. The summed E-state index contributed by atoms with van der Waals surface area (Å²) in [5.41, 5.74) is 1.05. The molecule has 9 nitrogen and oxygen atoms in total. The van der Waals surface area contributed by atoms with Crippen molar-refractivity contribution < 1.29 is 24.0 Å². The number of hydrogen-bond donors (Lipinski definition) is 0. The van der Waals surface area contributed by atoms with Gasteiger partial charge in [0.2, 0.25) is 5.91 Å². The highest BCUT2D eigenvalue weighted by Crippen LogP contribution is 2.33. The lowest BCUT2D eigenvalue weighted by Gasteiger charge is -2.27. The van der Waals surface area contributed by atoms with Gasteiger partial charge in [-0.1, -0.05) is 24.3 Å². The Morgan fingerprint density at radius 1 is 1.09 bits per heavy atom. The molecule has 2 heterocycles. The first-order chi connectivity index (χ1) is 16.4. The molecule has 0 saturated carbocycles. The first kappa shape index (κ1) is 23.5. The fourth-order valence-electron chi connectivity index (χ4n) is 3.83. The number of amides is 3. The second-order valence-corrected chi connectivity index (χ2v) is 8.95. The molecule has 3 amide bonds. The third-order valence-electron chi connectivity index (χ3n) is 5.61. The lowest BCUT2D eigenvalue weighted by atomic mass is 10.1. The van der Waals surface area contributed by atoms with Crippen molar-refractivity contribution in [1.29, 1.82) is 0 Å². The van der Waals surface area contributed by atoms with E-state index >= 15 is 0 Å². The maximum Gasteiger partial charge on any atom is 0.294 e. The number of carbonyl (C=O) groups excluding carboxylic acids is 3. The number of carbonyl (C=O) groups is 3. The van der Waals surface area contributed by atoms with Gasteiger partial charge in [-0.3, -0.25) is 29.4 Å². The topological polar surface area (TPSA) is 110 Å². The third kappa shape index (κ3) is 5.45. The summed E-state index contributed by atoms with van der Waals surface area (Å²) in [6, 6.07) is 13.2. The SMILES string of the molecule is O=C(CN1C(=O)S/C(=C\c2cccc(OCc3ccccc3[N+](=O)[O-])c2)C1=O)N1CCCCC1. The van der Waals surface area contributed by atoms with Crippen LogP contribution in [0.2, 0.25) is 0 Å². The van der Waals surface area contributed by atoms with E-state index in [2.05, 4.69) is 0 Å². The number of nitro groups is 1. The zero-order valence-corrected chi connectivity index (χ0v) is 19.2. The smallest absolute Gasteiger partial charge is 0.294 e. The predicted molar refractivity (Wildman–Crippen MR) is 127 cm³/mol. The van der Waals surface area contributed by atoms with Crippen molar-refractivity contribution in [2.24, 2.45) is 0 Å². The van der Waals surface area contributed by atoms with E-state index < -0.39 is 16.1 Å². The molecular weight excluding hydrogens is 458 g/mol. The van der Waals surface area contributed by atoms with Gasteiger partial charge in [0, 0.05) is 19.2 Å². The molecule has 2 fully saturated rings. The Morgan fingerprint density at radius 2 is 1.85 bits per heavy atom. The predicted octanol–water partition coefficient (Wildman–Crippen LogP) is 4.22. The zero-order chi connectivity index (χ0) is 24.1. The number of piperidine rings is 1. The maximum atomic E-state index is 12.8. The molecule has 10 heteroatoms. The average Bonchev–Trinajstić information content (AvgIpc) is 3.10. The first-order valence-electron chi connectivity index (χ1n) is 10.9. The van der Waals surface area contributed by atoms with Crippen molar-refractivity contribution in [3.8, 4) is 5.75 Å². The standard InChI is InChI=1S/C24H23N3O6S/c28-22(25-11-4-1-5-12-25)15-26-23(29)21(34-24(26)30)14-17-7-6-9-19(13-17)33-16-18-8-2-3-10-20(18)27(31)32/h2-3,6-10,13-14H,1,4-5,11-12,15-16H2/b21-14-. The number of ether oxygens (including phenoxy) is 1. The van der Waals surface area contributed by atoms with Gasteiger partial charge in [-0.15, -0.1) is 0 Å². The molecule has 0 N–H and O–H groups in total. The Balaban J connectivity index is 1.42. The summed E-state index contributed by atoms with van der Waals surface area (Å²) in [6.45, 7) is 1.07. The van der Waals surface area contributed by atoms with Gasteiger partial charge >= 0.3 is 0 Å². The Bertz CT molecular complexity index is 1160. The molecule has 34 heavy (non-hydrogen) atoms. The van der Waals surface area contributed by atoms with E-state index in [-0.39, 0.29) is 29.7 Å². The Labute approximate surface area is 200 Å². The van der Waals surface area contributed by atoms with Gasteiger partial charge < -0.3 is 9.64 Å². The highest BCUT2D eigenvalue weighted by molar-refractivity contribution is 8.18. The van der Waals surface area contributed by atoms with Gasteiger partial charge in [-0.2, -0.15) is 0 Å². The number of para-hydroxylation sites is 1. The van der Waals surface area contributed by atoms with Crippen LogP contribution in [0.1, 0.15) is 30.4 Å². The van der Waals surface area contributed by atoms with Crippen molar-refractivity contribution in [1.82, 2.24) is 9.80 Å². The summed E-state index contributed by atoms with van der Waals surface area (Å²) in [7, 11) is 0. The van der Waals surface area contributed by atoms with Crippen LogP contribution in [0.5, 0.6) is 5.75 Å². The number of benzene rings is 2. The fourth-order valence-corrected chi connectivity index (χ4v) is 4.67. The number of imide groups is 1. The third-order valence-corrected chi connectivity index (χ3v) is 6.52. The van der Waals surface area contributed by atoms with E-state index in [4.69, 9.17) is 4.74 Å². The number of rotatable bonds is 7. The monoisotopic (exact) mass is 481 g/mol. The fraction of sp³-hybridized carbons (Fsp3) is 0.292. The number of thioether (sulfide) groups is 1. The number of nitrogens with zero attached hydrogens (tertiary/aromatic N) is 3. The Kier molecular flexibility index (Phi) is 7.27. The largest absolute Gasteiger partial charge is 0.489 e. The molecule has 4 rings (SSSR count). The minimum Gasteiger partial charge on any atom is -0.489 e.